The summed E-state index contributed by atoms with van der Waals surface area (Å²) in [6.07, 6.45) is 0. The molecule has 1 N–H and O–H groups in total. The van der Waals surface area contributed by atoms with Crippen molar-refractivity contribution in [2.75, 3.05) is 10.7 Å². The van der Waals surface area contributed by atoms with Gasteiger partial charge in [-0.15, -0.1) is 10.2 Å². The Morgan fingerprint density at radius 1 is 0.923 bits per heavy atom. The average molecular weight is 558 g/mol. The molecule has 7 nitrogen and oxygen atoms in total. The van der Waals surface area contributed by atoms with Crippen LogP contribution in [-0.4, -0.2) is 32.3 Å². The summed E-state index contributed by atoms with van der Waals surface area (Å²) in [5.41, 5.74) is 3.49. The number of thioether (sulfide) groups is 1. The van der Waals surface area contributed by atoms with Gasteiger partial charge in [0, 0.05) is 21.9 Å². The third-order valence-corrected chi connectivity index (χ3v) is 8.70. The minimum absolute atomic E-state index is 0.0273. The second kappa shape index (κ2) is 11.7. The first-order valence-corrected chi connectivity index (χ1v) is 14.8. The molecule has 0 saturated carbocycles. The molecular weight excluding hydrogens is 526 g/mol. The fraction of sp³-hybridized carbons (Fsp3) is 0.267. The SMILES string of the molecule is CCn1c(SCC(=O)N2c3ccccc3Sc3ccccc32)nnc1[C@@H](NC(=O)c1ccc(C)cc1)C(C)C. The highest BCUT2D eigenvalue weighted by Gasteiger charge is 2.29. The van der Waals surface area contributed by atoms with E-state index in [0.717, 1.165) is 26.7 Å². The highest BCUT2D eigenvalue weighted by Crippen LogP contribution is 2.48. The maximum absolute atomic E-state index is 13.7. The first kappa shape index (κ1) is 27.0. The van der Waals surface area contributed by atoms with Crippen molar-refractivity contribution < 1.29 is 9.59 Å². The Hall–Kier alpha value is -3.56. The molecule has 4 aromatic rings. The van der Waals surface area contributed by atoms with Gasteiger partial charge in [0.15, 0.2) is 11.0 Å². The van der Waals surface area contributed by atoms with Crippen LogP contribution >= 0.6 is 23.5 Å². The number of fused-ring (bicyclic) bond motifs is 2. The van der Waals surface area contributed by atoms with Crippen molar-refractivity contribution >= 4 is 46.7 Å². The maximum Gasteiger partial charge on any atom is 0.251 e. The normalized spacial score (nSPS) is 13.1. The molecule has 1 aliphatic rings. The van der Waals surface area contributed by atoms with Crippen LogP contribution in [0.4, 0.5) is 11.4 Å². The van der Waals surface area contributed by atoms with Gasteiger partial charge >= 0.3 is 0 Å². The Bertz CT molecular complexity index is 1450. The van der Waals surface area contributed by atoms with Gasteiger partial charge in [-0.05, 0) is 56.2 Å². The molecule has 200 valence electrons. The van der Waals surface area contributed by atoms with Crippen molar-refractivity contribution in [3.8, 4) is 0 Å². The lowest BCUT2D eigenvalue weighted by Gasteiger charge is -2.31. The molecule has 0 saturated heterocycles. The molecule has 2 heterocycles. The number of amides is 2. The van der Waals surface area contributed by atoms with Crippen LogP contribution in [-0.2, 0) is 11.3 Å². The fourth-order valence-electron chi connectivity index (χ4n) is 4.56. The van der Waals surface area contributed by atoms with E-state index in [9.17, 15) is 9.59 Å². The van der Waals surface area contributed by atoms with Crippen LogP contribution < -0.4 is 10.2 Å². The van der Waals surface area contributed by atoms with Crippen LogP contribution in [0.15, 0.2) is 87.7 Å². The Balaban J connectivity index is 1.36. The topological polar surface area (TPSA) is 80.1 Å². The summed E-state index contributed by atoms with van der Waals surface area (Å²) >= 11 is 3.04. The zero-order chi connectivity index (χ0) is 27.5. The molecule has 0 spiro atoms. The van der Waals surface area contributed by atoms with E-state index in [2.05, 4.69) is 15.5 Å². The molecule has 1 aromatic heterocycles. The van der Waals surface area contributed by atoms with Crippen molar-refractivity contribution in [3.63, 3.8) is 0 Å². The summed E-state index contributed by atoms with van der Waals surface area (Å²) < 4.78 is 1.99. The lowest BCUT2D eigenvalue weighted by molar-refractivity contribution is -0.115. The quantitative estimate of drug-likeness (QED) is 0.244. The Kier molecular flexibility index (Phi) is 8.09. The minimum Gasteiger partial charge on any atom is -0.342 e. The summed E-state index contributed by atoms with van der Waals surface area (Å²) in [5, 5.41) is 12.7. The van der Waals surface area contributed by atoms with Crippen molar-refractivity contribution in [2.24, 2.45) is 5.92 Å². The first-order chi connectivity index (χ1) is 18.9. The lowest BCUT2D eigenvalue weighted by atomic mass is 10.0. The van der Waals surface area contributed by atoms with Gasteiger partial charge in [0.2, 0.25) is 5.91 Å². The van der Waals surface area contributed by atoms with Crippen LogP contribution in [0.2, 0.25) is 0 Å². The van der Waals surface area contributed by atoms with Gasteiger partial charge < -0.3 is 9.88 Å². The molecule has 0 aliphatic carbocycles. The van der Waals surface area contributed by atoms with E-state index in [4.69, 9.17) is 0 Å². The number of hydrogen-bond donors (Lipinski definition) is 1. The van der Waals surface area contributed by atoms with Crippen LogP contribution in [0, 0.1) is 12.8 Å². The van der Waals surface area contributed by atoms with Crippen molar-refractivity contribution in [1.82, 2.24) is 20.1 Å². The van der Waals surface area contributed by atoms with Crippen LogP contribution in [0.25, 0.3) is 0 Å². The van der Waals surface area contributed by atoms with E-state index in [0.29, 0.717) is 23.1 Å². The number of benzene rings is 3. The monoisotopic (exact) mass is 557 g/mol. The highest BCUT2D eigenvalue weighted by molar-refractivity contribution is 8.00. The molecule has 39 heavy (non-hydrogen) atoms. The van der Waals surface area contributed by atoms with E-state index in [1.807, 2.05) is 105 Å². The van der Waals surface area contributed by atoms with Crippen LogP contribution in [0.1, 0.15) is 48.6 Å². The molecule has 1 atom stereocenters. The smallest absolute Gasteiger partial charge is 0.251 e. The number of aryl methyl sites for hydroxylation is 1. The molecule has 5 rings (SSSR count). The van der Waals surface area contributed by atoms with Gasteiger partial charge in [0.25, 0.3) is 5.91 Å². The maximum atomic E-state index is 13.7. The van der Waals surface area contributed by atoms with Gasteiger partial charge in [-0.1, -0.05) is 79.3 Å². The van der Waals surface area contributed by atoms with Crippen LogP contribution in [0.5, 0.6) is 0 Å². The number of nitrogens with one attached hydrogen (secondary N) is 1. The number of carbonyl (C=O) groups excluding carboxylic acids is 2. The van der Waals surface area contributed by atoms with Gasteiger partial charge in [0.1, 0.15) is 0 Å². The highest BCUT2D eigenvalue weighted by atomic mass is 32.2. The molecule has 0 bridgehead atoms. The van der Waals surface area contributed by atoms with Gasteiger partial charge in [-0.3, -0.25) is 14.5 Å². The summed E-state index contributed by atoms with van der Waals surface area (Å²) in [6, 6.07) is 23.1. The lowest BCUT2D eigenvalue weighted by Crippen LogP contribution is -2.34. The molecular formula is C30H31N5O2S2. The molecule has 0 fully saturated rings. The van der Waals surface area contributed by atoms with E-state index >= 15 is 0 Å². The molecule has 2 amide bonds. The number of carbonyl (C=O) groups is 2. The Labute approximate surface area is 237 Å². The second-order valence-electron chi connectivity index (χ2n) is 9.70. The third-order valence-electron chi connectivity index (χ3n) is 6.61. The van der Waals surface area contributed by atoms with E-state index in [-0.39, 0.29) is 29.5 Å². The zero-order valence-corrected chi connectivity index (χ0v) is 24.1. The van der Waals surface area contributed by atoms with Gasteiger partial charge in [-0.2, -0.15) is 0 Å². The van der Waals surface area contributed by atoms with Crippen molar-refractivity contribution in [3.05, 3.63) is 89.7 Å². The molecule has 0 radical (unpaired) electrons. The Morgan fingerprint density at radius 2 is 1.54 bits per heavy atom. The zero-order valence-electron chi connectivity index (χ0n) is 22.4. The van der Waals surface area contributed by atoms with E-state index < -0.39 is 0 Å². The van der Waals surface area contributed by atoms with E-state index in [1.165, 1.54) is 11.8 Å². The summed E-state index contributed by atoms with van der Waals surface area (Å²) in [7, 11) is 0. The van der Waals surface area contributed by atoms with Crippen molar-refractivity contribution in [1.29, 1.82) is 0 Å². The van der Waals surface area contributed by atoms with Gasteiger partial charge in [0.05, 0.1) is 23.2 Å². The third kappa shape index (κ3) is 5.60. The number of aromatic nitrogens is 3. The minimum atomic E-state index is -0.325. The molecule has 3 aromatic carbocycles. The Morgan fingerprint density at radius 3 is 2.13 bits per heavy atom. The standard InChI is InChI=1S/C30H31N5O2S2/c1-5-34-28(27(19(2)3)31-29(37)21-16-14-20(4)15-17-21)32-33-30(34)38-18-26(36)35-22-10-6-8-12-24(22)39-25-13-9-7-11-23(25)35/h6-17,19,27H,5,18H2,1-4H3,(H,31,37)/t27-/m0/s1. The van der Waals surface area contributed by atoms with Crippen LogP contribution in [0.3, 0.4) is 0 Å². The number of hydrogen-bond acceptors (Lipinski definition) is 6. The van der Waals surface area contributed by atoms with Crippen molar-refractivity contribution in [2.45, 2.75) is 55.2 Å². The number of rotatable bonds is 8. The molecule has 1 aliphatic heterocycles. The fourth-order valence-corrected chi connectivity index (χ4v) is 6.47. The summed E-state index contributed by atoms with van der Waals surface area (Å²) in [6.45, 7) is 8.73. The second-order valence-corrected chi connectivity index (χ2v) is 11.7. The number of anilines is 2. The largest absolute Gasteiger partial charge is 0.342 e. The molecule has 9 heteroatoms. The average Bonchev–Trinajstić information content (AvgIpc) is 3.35. The predicted molar refractivity (Wildman–Crippen MR) is 157 cm³/mol. The molecule has 0 unspecified atom stereocenters. The number of nitrogens with zero attached hydrogens (tertiary/aromatic N) is 4. The first-order valence-electron chi connectivity index (χ1n) is 13.0. The predicted octanol–water partition coefficient (Wildman–Crippen LogP) is 6.66. The van der Waals surface area contributed by atoms with Gasteiger partial charge in [-0.25, -0.2) is 0 Å². The summed E-state index contributed by atoms with van der Waals surface area (Å²) in [4.78, 5) is 30.6. The number of para-hydroxylation sites is 2. The van der Waals surface area contributed by atoms with E-state index in [1.54, 1.807) is 16.7 Å². The summed E-state index contributed by atoms with van der Waals surface area (Å²) in [5.74, 6) is 0.804.